The van der Waals surface area contributed by atoms with Crippen molar-refractivity contribution in [2.24, 2.45) is 0 Å². The Morgan fingerprint density at radius 2 is 2.38 bits per heavy atom. The van der Waals surface area contributed by atoms with Crippen molar-refractivity contribution < 1.29 is 0 Å². The van der Waals surface area contributed by atoms with Gasteiger partial charge in [-0.1, -0.05) is 6.92 Å². The fourth-order valence-electron chi connectivity index (χ4n) is 1.44. The van der Waals surface area contributed by atoms with Crippen molar-refractivity contribution in [2.75, 3.05) is 6.54 Å². The SMILES string of the molecule is CCCNCc1cc(-n2cncn2)ccn1. The molecule has 0 aliphatic carbocycles. The smallest absolute Gasteiger partial charge is 0.138 e. The van der Waals surface area contributed by atoms with Crippen LogP contribution in [0.25, 0.3) is 5.69 Å². The van der Waals surface area contributed by atoms with E-state index in [1.165, 1.54) is 6.33 Å². The van der Waals surface area contributed by atoms with E-state index >= 15 is 0 Å². The van der Waals surface area contributed by atoms with E-state index in [1.54, 1.807) is 17.2 Å². The first-order chi connectivity index (χ1) is 7.90. The van der Waals surface area contributed by atoms with Crippen LogP contribution in [0, 0.1) is 0 Å². The maximum atomic E-state index is 4.30. The number of aromatic nitrogens is 4. The molecule has 0 amide bonds. The summed E-state index contributed by atoms with van der Waals surface area (Å²) in [4.78, 5) is 8.22. The topological polar surface area (TPSA) is 55.6 Å². The van der Waals surface area contributed by atoms with Gasteiger partial charge in [0.15, 0.2) is 0 Å². The molecule has 1 N–H and O–H groups in total. The number of hydrogen-bond donors (Lipinski definition) is 1. The van der Waals surface area contributed by atoms with Crippen molar-refractivity contribution in [2.45, 2.75) is 19.9 Å². The lowest BCUT2D eigenvalue weighted by Gasteiger charge is -2.05. The van der Waals surface area contributed by atoms with Crippen LogP contribution in [0.2, 0.25) is 0 Å². The second-order valence-corrected chi connectivity index (χ2v) is 3.52. The van der Waals surface area contributed by atoms with E-state index in [-0.39, 0.29) is 0 Å². The van der Waals surface area contributed by atoms with Crippen molar-refractivity contribution in [1.82, 2.24) is 25.1 Å². The molecule has 0 aliphatic rings. The molecule has 0 saturated heterocycles. The molecule has 0 atom stereocenters. The van der Waals surface area contributed by atoms with E-state index in [0.717, 1.165) is 30.9 Å². The highest BCUT2D eigenvalue weighted by molar-refractivity contribution is 5.30. The number of pyridine rings is 1. The molecule has 0 radical (unpaired) electrons. The minimum absolute atomic E-state index is 0.788. The largest absolute Gasteiger partial charge is 0.311 e. The van der Waals surface area contributed by atoms with Gasteiger partial charge < -0.3 is 5.32 Å². The van der Waals surface area contributed by atoms with Gasteiger partial charge in [0.05, 0.1) is 11.4 Å². The zero-order chi connectivity index (χ0) is 11.2. The van der Waals surface area contributed by atoms with Gasteiger partial charge in [0, 0.05) is 12.7 Å². The predicted octanol–water partition coefficient (Wildman–Crippen LogP) is 1.16. The van der Waals surface area contributed by atoms with E-state index in [2.05, 4.69) is 27.3 Å². The summed E-state index contributed by atoms with van der Waals surface area (Å²) in [5, 5.41) is 7.40. The van der Waals surface area contributed by atoms with Gasteiger partial charge in [0.1, 0.15) is 12.7 Å². The van der Waals surface area contributed by atoms with Crippen molar-refractivity contribution in [3.8, 4) is 5.69 Å². The second kappa shape index (κ2) is 5.37. The van der Waals surface area contributed by atoms with Crippen LogP contribution in [-0.2, 0) is 6.54 Å². The molecule has 5 heteroatoms. The average Bonchev–Trinajstić information content (AvgIpc) is 2.83. The van der Waals surface area contributed by atoms with Crippen LogP contribution in [0.1, 0.15) is 19.0 Å². The molecule has 0 aromatic carbocycles. The van der Waals surface area contributed by atoms with Crippen LogP contribution in [-0.4, -0.2) is 26.3 Å². The Morgan fingerprint density at radius 1 is 1.44 bits per heavy atom. The highest BCUT2D eigenvalue weighted by Gasteiger charge is 1.99. The van der Waals surface area contributed by atoms with E-state index < -0.39 is 0 Å². The van der Waals surface area contributed by atoms with Gasteiger partial charge in [-0.05, 0) is 25.1 Å². The van der Waals surface area contributed by atoms with Crippen molar-refractivity contribution in [3.05, 3.63) is 36.7 Å². The molecule has 84 valence electrons. The minimum Gasteiger partial charge on any atom is -0.311 e. The molecule has 0 spiro atoms. The fraction of sp³-hybridized carbons (Fsp3) is 0.364. The molecule has 0 bridgehead atoms. The summed E-state index contributed by atoms with van der Waals surface area (Å²) in [5.74, 6) is 0. The molecular formula is C11H15N5. The van der Waals surface area contributed by atoms with E-state index in [0.29, 0.717) is 0 Å². The van der Waals surface area contributed by atoms with Crippen LogP contribution < -0.4 is 5.32 Å². The van der Waals surface area contributed by atoms with Crippen LogP contribution in [0.15, 0.2) is 31.0 Å². The first kappa shape index (κ1) is 10.8. The Morgan fingerprint density at radius 3 is 3.12 bits per heavy atom. The highest BCUT2D eigenvalue weighted by atomic mass is 15.3. The Hall–Kier alpha value is -1.75. The third kappa shape index (κ3) is 2.64. The zero-order valence-corrected chi connectivity index (χ0v) is 9.30. The Balaban J connectivity index is 2.08. The van der Waals surface area contributed by atoms with Crippen LogP contribution >= 0.6 is 0 Å². The third-order valence-corrected chi connectivity index (χ3v) is 2.22. The second-order valence-electron chi connectivity index (χ2n) is 3.52. The lowest BCUT2D eigenvalue weighted by molar-refractivity contribution is 0.663. The summed E-state index contributed by atoms with van der Waals surface area (Å²) in [6.07, 6.45) is 6.12. The first-order valence-electron chi connectivity index (χ1n) is 5.41. The Labute approximate surface area is 94.5 Å². The fourth-order valence-corrected chi connectivity index (χ4v) is 1.44. The molecule has 0 fully saturated rings. The third-order valence-electron chi connectivity index (χ3n) is 2.22. The molecule has 0 saturated carbocycles. The molecule has 2 heterocycles. The number of rotatable bonds is 5. The molecule has 2 rings (SSSR count). The molecule has 2 aromatic heterocycles. The van der Waals surface area contributed by atoms with Crippen molar-refractivity contribution in [3.63, 3.8) is 0 Å². The average molecular weight is 217 g/mol. The highest BCUT2D eigenvalue weighted by Crippen LogP contribution is 2.05. The van der Waals surface area contributed by atoms with Gasteiger partial charge in [-0.15, -0.1) is 0 Å². The van der Waals surface area contributed by atoms with Gasteiger partial charge in [0.25, 0.3) is 0 Å². The number of nitrogens with zero attached hydrogens (tertiary/aromatic N) is 4. The molecule has 5 nitrogen and oxygen atoms in total. The maximum absolute atomic E-state index is 4.30. The normalized spacial score (nSPS) is 10.6. The van der Waals surface area contributed by atoms with E-state index in [9.17, 15) is 0 Å². The molecule has 0 aliphatic heterocycles. The first-order valence-corrected chi connectivity index (χ1v) is 5.41. The Bertz CT molecular complexity index is 424. The van der Waals surface area contributed by atoms with Gasteiger partial charge >= 0.3 is 0 Å². The van der Waals surface area contributed by atoms with Crippen LogP contribution in [0.4, 0.5) is 0 Å². The molecule has 16 heavy (non-hydrogen) atoms. The van der Waals surface area contributed by atoms with E-state index in [1.807, 2.05) is 12.1 Å². The number of hydrogen-bond acceptors (Lipinski definition) is 4. The van der Waals surface area contributed by atoms with Crippen molar-refractivity contribution in [1.29, 1.82) is 0 Å². The molecule has 2 aromatic rings. The lowest BCUT2D eigenvalue weighted by Crippen LogP contribution is -2.15. The predicted molar refractivity (Wildman–Crippen MR) is 61.2 cm³/mol. The monoisotopic (exact) mass is 217 g/mol. The summed E-state index contributed by atoms with van der Waals surface area (Å²) in [7, 11) is 0. The quantitative estimate of drug-likeness (QED) is 0.764. The van der Waals surface area contributed by atoms with Gasteiger partial charge in [-0.2, -0.15) is 5.10 Å². The maximum Gasteiger partial charge on any atom is 0.138 e. The summed E-state index contributed by atoms with van der Waals surface area (Å²) in [5.41, 5.74) is 2.00. The molecule has 0 unspecified atom stereocenters. The Kier molecular flexibility index (Phi) is 3.61. The van der Waals surface area contributed by atoms with Crippen LogP contribution in [0.3, 0.4) is 0 Å². The summed E-state index contributed by atoms with van der Waals surface area (Å²) in [6.45, 7) is 3.94. The van der Waals surface area contributed by atoms with Gasteiger partial charge in [0.2, 0.25) is 0 Å². The minimum atomic E-state index is 0.788. The van der Waals surface area contributed by atoms with Crippen molar-refractivity contribution >= 4 is 0 Å². The standard InChI is InChI=1S/C11H15N5/c1-2-4-12-7-10-6-11(3-5-14-10)16-9-13-8-15-16/h3,5-6,8-9,12H,2,4,7H2,1H3. The van der Waals surface area contributed by atoms with Gasteiger partial charge in [-0.3, -0.25) is 4.98 Å². The summed E-state index contributed by atoms with van der Waals surface area (Å²) >= 11 is 0. The lowest BCUT2D eigenvalue weighted by atomic mass is 10.3. The zero-order valence-electron chi connectivity index (χ0n) is 9.30. The summed E-state index contributed by atoms with van der Waals surface area (Å²) in [6, 6.07) is 3.93. The summed E-state index contributed by atoms with van der Waals surface area (Å²) < 4.78 is 1.73. The number of nitrogens with one attached hydrogen (secondary N) is 1. The molecular weight excluding hydrogens is 202 g/mol. The van der Waals surface area contributed by atoms with Crippen LogP contribution in [0.5, 0.6) is 0 Å². The van der Waals surface area contributed by atoms with E-state index in [4.69, 9.17) is 0 Å². The van der Waals surface area contributed by atoms with Gasteiger partial charge in [-0.25, -0.2) is 9.67 Å².